The zero-order valence-corrected chi connectivity index (χ0v) is 12.1. The van der Waals surface area contributed by atoms with Gasteiger partial charge in [-0.1, -0.05) is 25.1 Å². The van der Waals surface area contributed by atoms with Crippen LogP contribution < -0.4 is 10.5 Å². The largest absolute Gasteiger partial charge is 0.496 e. The maximum absolute atomic E-state index is 11.6. The molecule has 0 aliphatic carbocycles. The van der Waals surface area contributed by atoms with Gasteiger partial charge in [0.05, 0.1) is 20.6 Å². The van der Waals surface area contributed by atoms with E-state index < -0.39 is 0 Å². The van der Waals surface area contributed by atoms with Gasteiger partial charge in [-0.15, -0.1) is 0 Å². The summed E-state index contributed by atoms with van der Waals surface area (Å²) in [7, 11) is 3.04. The van der Waals surface area contributed by atoms with Crippen molar-refractivity contribution in [3.05, 3.63) is 29.8 Å². The van der Waals surface area contributed by atoms with Gasteiger partial charge < -0.3 is 15.2 Å². The maximum atomic E-state index is 11.6. The van der Waals surface area contributed by atoms with Crippen LogP contribution in [0.5, 0.6) is 5.75 Å². The number of hydrogen-bond acceptors (Lipinski definition) is 4. The Morgan fingerprint density at radius 2 is 2.00 bits per heavy atom. The van der Waals surface area contributed by atoms with E-state index in [1.807, 2.05) is 38.1 Å². The summed E-state index contributed by atoms with van der Waals surface area (Å²) in [6.45, 7) is 3.92. The standard InChI is InChI=1S/C15H23NO3/c1-11(16)15(2,10-14(17)19-4)9-12-7-5-6-8-13(12)18-3/h5-8,11H,9-10,16H2,1-4H3. The number of esters is 1. The molecule has 1 aromatic carbocycles. The Kier molecular flexibility index (Phi) is 5.36. The number of hydrogen-bond donors (Lipinski definition) is 1. The minimum absolute atomic E-state index is 0.128. The summed E-state index contributed by atoms with van der Waals surface area (Å²) in [5.41, 5.74) is 6.76. The van der Waals surface area contributed by atoms with Crippen molar-refractivity contribution in [2.45, 2.75) is 32.7 Å². The highest BCUT2D eigenvalue weighted by molar-refractivity contribution is 5.70. The average molecular weight is 265 g/mol. The Balaban J connectivity index is 2.98. The molecule has 4 heteroatoms. The second kappa shape index (κ2) is 6.57. The molecule has 0 fully saturated rings. The van der Waals surface area contributed by atoms with Gasteiger partial charge in [0, 0.05) is 6.04 Å². The van der Waals surface area contributed by atoms with E-state index in [2.05, 4.69) is 0 Å². The van der Waals surface area contributed by atoms with Crippen LogP contribution in [0, 0.1) is 5.41 Å². The summed E-state index contributed by atoms with van der Waals surface area (Å²) in [5.74, 6) is 0.578. The normalized spacial score (nSPS) is 15.4. The van der Waals surface area contributed by atoms with Gasteiger partial charge >= 0.3 is 5.97 Å². The van der Waals surface area contributed by atoms with Crippen LogP contribution in [0.15, 0.2) is 24.3 Å². The Labute approximate surface area is 114 Å². The first-order chi connectivity index (χ1) is 8.92. The van der Waals surface area contributed by atoms with Gasteiger partial charge in [-0.3, -0.25) is 4.79 Å². The molecule has 0 amide bonds. The lowest BCUT2D eigenvalue weighted by atomic mass is 9.75. The molecule has 0 aromatic heterocycles. The number of methoxy groups -OCH3 is 2. The summed E-state index contributed by atoms with van der Waals surface area (Å²) in [4.78, 5) is 11.6. The molecule has 0 heterocycles. The van der Waals surface area contributed by atoms with Crippen LogP contribution in [0.2, 0.25) is 0 Å². The molecular formula is C15H23NO3. The van der Waals surface area contributed by atoms with Crippen LogP contribution >= 0.6 is 0 Å². The van der Waals surface area contributed by atoms with Crippen molar-refractivity contribution in [3.63, 3.8) is 0 Å². The van der Waals surface area contributed by atoms with Gasteiger partial charge in [0.1, 0.15) is 5.75 Å². The molecule has 0 bridgehead atoms. The predicted octanol–water partition coefficient (Wildman–Crippen LogP) is 2.15. The number of benzene rings is 1. The smallest absolute Gasteiger partial charge is 0.306 e. The Morgan fingerprint density at radius 1 is 1.37 bits per heavy atom. The van der Waals surface area contributed by atoms with Gasteiger partial charge in [0.15, 0.2) is 0 Å². The minimum Gasteiger partial charge on any atom is -0.496 e. The zero-order valence-electron chi connectivity index (χ0n) is 12.1. The third kappa shape index (κ3) is 3.96. The number of ether oxygens (including phenoxy) is 2. The van der Waals surface area contributed by atoms with Crippen LogP contribution in [0.4, 0.5) is 0 Å². The molecule has 1 aromatic rings. The summed E-state index contributed by atoms with van der Waals surface area (Å²) >= 11 is 0. The van der Waals surface area contributed by atoms with E-state index in [0.29, 0.717) is 12.8 Å². The summed E-state index contributed by atoms with van der Waals surface area (Å²) in [6, 6.07) is 7.66. The lowest BCUT2D eigenvalue weighted by molar-refractivity contribution is -0.143. The van der Waals surface area contributed by atoms with Crippen molar-refractivity contribution >= 4 is 5.97 Å². The summed E-state index contributed by atoms with van der Waals surface area (Å²) < 4.78 is 10.1. The van der Waals surface area contributed by atoms with Crippen LogP contribution in [0.3, 0.4) is 0 Å². The van der Waals surface area contributed by atoms with Crippen LogP contribution in [0.25, 0.3) is 0 Å². The number of rotatable bonds is 6. The highest BCUT2D eigenvalue weighted by Gasteiger charge is 2.33. The number of nitrogens with two attached hydrogens (primary N) is 1. The summed E-state index contributed by atoms with van der Waals surface area (Å²) in [6.07, 6.45) is 0.961. The molecule has 19 heavy (non-hydrogen) atoms. The second-order valence-corrected chi connectivity index (χ2v) is 5.18. The fourth-order valence-electron chi connectivity index (χ4n) is 2.07. The topological polar surface area (TPSA) is 61.5 Å². The number of carbonyl (C=O) groups is 1. The predicted molar refractivity (Wildman–Crippen MR) is 75.1 cm³/mol. The molecule has 0 saturated heterocycles. The minimum atomic E-state index is -0.359. The molecule has 0 aliphatic rings. The Hall–Kier alpha value is -1.55. The monoisotopic (exact) mass is 265 g/mol. The van der Waals surface area contributed by atoms with Gasteiger partial charge in [0.25, 0.3) is 0 Å². The molecule has 0 radical (unpaired) electrons. The lowest BCUT2D eigenvalue weighted by Crippen LogP contribution is -2.40. The van der Waals surface area contributed by atoms with Crippen molar-refractivity contribution in [1.82, 2.24) is 0 Å². The average Bonchev–Trinajstić information content (AvgIpc) is 2.38. The van der Waals surface area contributed by atoms with Gasteiger partial charge in [-0.25, -0.2) is 0 Å². The SMILES string of the molecule is COC(=O)CC(C)(Cc1ccccc1OC)C(C)N. The van der Waals surface area contributed by atoms with E-state index in [0.717, 1.165) is 11.3 Å². The molecule has 2 unspecified atom stereocenters. The molecule has 2 atom stereocenters. The quantitative estimate of drug-likeness (QED) is 0.801. The van der Waals surface area contributed by atoms with E-state index in [9.17, 15) is 4.79 Å². The number of para-hydroxylation sites is 1. The van der Waals surface area contributed by atoms with Crippen molar-refractivity contribution < 1.29 is 14.3 Å². The van der Waals surface area contributed by atoms with Gasteiger partial charge in [-0.2, -0.15) is 0 Å². The fourth-order valence-corrected chi connectivity index (χ4v) is 2.07. The maximum Gasteiger partial charge on any atom is 0.306 e. The van der Waals surface area contributed by atoms with Crippen LogP contribution in [0.1, 0.15) is 25.8 Å². The molecule has 0 saturated carbocycles. The van der Waals surface area contributed by atoms with Crippen molar-refractivity contribution in [1.29, 1.82) is 0 Å². The van der Waals surface area contributed by atoms with Crippen molar-refractivity contribution in [2.24, 2.45) is 11.1 Å². The molecule has 0 aliphatic heterocycles. The zero-order chi connectivity index (χ0) is 14.5. The number of carbonyl (C=O) groups excluding carboxylic acids is 1. The van der Waals surface area contributed by atoms with E-state index in [1.165, 1.54) is 7.11 Å². The van der Waals surface area contributed by atoms with Gasteiger partial charge in [-0.05, 0) is 30.4 Å². The molecule has 0 spiro atoms. The first-order valence-corrected chi connectivity index (χ1v) is 6.37. The third-order valence-corrected chi connectivity index (χ3v) is 3.66. The van der Waals surface area contributed by atoms with Crippen LogP contribution in [-0.2, 0) is 16.0 Å². The third-order valence-electron chi connectivity index (χ3n) is 3.66. The second-order valence-electron chi connectivity index (χ2n) is 5.18. The van der Waals surface area contributed by atoms with Gasteiger partial charge in [0.2, 0.25) is 0 Å². The Morgan fingerprint density at radius 3 is 2.53 bits per heavy atom. The highest BCUT2D eigenvalue weighted by Crippen LogP contribution is 2.33. The van der Waals surface area contributed by atoms with Crippen molar-refractivity contribution in [2.75, 3.05) is 14.2 Å². The van der Waals surface area contributed by atoms with E-state index >= 15 is 0 Å². The van der Waals surface area contributed by atoms with Crippen LogP contribution in [-0.4, -0.2) is 26.2 Å². The highest BCUT2D eigenvalue weighted by atomic mass is 16.5. The first kappa shape index (κ1) is 15.5. The van der Waals surface area contributed by atoms with E-state index in [1.54, 1.807) is 7.11 Å². The van der Waals surface area contributed by atoms with E-state index in [4.69, 9.17) is 15.2 Å². The molecular weight excluding hydrogens is 242 g/mol. The first-order valence-electron chi connectivity index (χ1n) is 6.37. The van der Waals surface area contributed by atoms with Crippen molar-refractivity contribution in [3.8, 4) is 5.75 Å². The van der Waals surface area contributed by atoms with E-state index in [-0.39, 0.29) is 17.4 Å². The molecule has 2 N–H and O–H groups in total. The lowest BCUT2D eigenvalue weighted by Gasteiger charge is -2.33. The molecule has 1 rings (SSSR count). The molecule has 106 valence electrons. The molecule has 4 nitrogen and oxygen atoms in total. The fraction of sp³-hybridized carbons (Fsp3) is 0.533. The summed E-state index contributed by atoms with van der Waals surface area (Å²) in [5, 5.41) is 0. The Bertz CT molecular complexity index is 431.